The Morgan fingerprint density at radius 3 is 2.33 bits per heavy atom. The van der Waals surface area contributed by atoms with E-state index in [0.29, 0.717) is 5.02 Å². The highest BCUT2D eigenvalue weighted by Crippen LogP contribution is 2.42. The number of pyridine rings is 1. The van der Waals surface area contributed by atoms with E-state index in [2.05, 4.69) is 4.98 Å². The van der Waals surface area contributed by atoms with Crippen molar-refractivity contribution in [1.29, 1.82) is 0 Å². The van der Waals surface area contributed by atoms with Crippen molar-refractivity contribution in [3.05, 3.63) is 63.9 Å². The van der Waals surface area contributed by atoms with Crippen molar-refractivity contribution in [3.63, 3.8) is 0 Å². The van der Waals surface area contributed by atoms with Gasteiger partial charge >= 0.3 is 5.97 Å². The standard InChI is InChI=1S/C16H15Cl2NO2/c1-16(2,15(20)21)13(10-6-4-3-5-7-10)11-8-12(17)14(18)19-9-11/h3-9,13H,1-2H3,(H,20,21). The van der Waals surface area contributed by atoms with Gasteiger partial charge in [-0.2, -0.15) is 0 Å². The highest BCUT2D eigenvalue weighted by atomic mass is 35.5. The maximum atomic E-state index is 11.7. The molecule has 0 saturated carbocycles. The van der Waals surface area contributed by atoms with Gasteiger partial charge in [-0.25, -0.2) is 4.98 Å². The van der Waals surface area contributed by atoms with Crippen LogP contribution in [0.3, 0.4) is 0 Å². The second-order valence-electron chi connectivity index (χ2n) is 5.41. The van der Waals surface area contributed by atoms with Crippen LogP contribution in [0.2, 0.25) is 10.2 Å². The Morgan fingerprint density at radius 2 is 1.81 bits per heavy atom. The molecule has 0 radical (unpaired) electrons. The molecule has 0 fully saturated rings. The maximum Gasteiger partial charge on any atom is 0.310 e. The molecule has 2 rings (SSSR count). The third-order valence-electron chi connectivity index (χ3n) is 3.56. The Balaban J connectivity index is 2.61. The van der Waals surface area contributed by atoms with Crippen molar-refractivity contribution in [2.45, 2.75) is 19.8 Å². The number of halogens is 2. The van der Waals surface area contributed by atoms with E-state index in [-0.39, 0.29) is 11.1 Å². The minimum atomic E-state index is -1.01. The van der Waals surface area contributed by atoms with Crippen molar-refractivity contribution in [2.24, 2.45) is 5.41 Å². The number of rotatable bonds is 4. The summed E-state index contributed by atoms with van der Waals surface area (Å²) in [5.74, 6) is -1.26. The Bertz CT molecular complexity index is 657. The van der Waals surface area contributed by atoms with Gasteiger partial charge in [-0.05, 0) is 31.0 Å². The van der Waals surface area contributed by atoms with Gasteiger partial charge in [0.1, 0.15) is 5.15 Å². The first-order chi connectivity index (χ1) is 9.84. The molecule has 0 spiro atoms. The summed E-state index contributed by atoms with van der Waals surface area (Å²) in [6.45, 7) is 3.38. The average Bonchev–Trinajstić information content (AvgIpc) is 2.44. The van der Waals surface area contributed by atoms with Crippen LogP contribution in [-0.4, -0.2) is 16.1 Å². The van der Waals surface area contributed by atoms with Gasteiger partial charge in [-0.1, -0.05) is 53.5 Å². The predicted octanol–water partition coefficient (Wildman–Crippen LogP) is 4.63. The van der Waals surface area contributed by atoms with E-state index in [1.165, 1.54) is 0 Å². The molecule has 0 aliphatic heterocycles. The lowest BCUT2D eigenvalue weighted by Gasteiger charge is -2.31. The summed E-state index contributed by atoms with van der Waals surface area (Å²) in [6.07, 6.45) is 1.58. The van der Waals surface area contributed by atoms with E-state index in [4.69, 9.17) is 23.2 Å². The van der Waals surface area contributed by atoms with Gasteiger partial charge in [0.2, 0.25) is 0 Å². The Hall–Kier alpha value is -1.58. The fourth-order valence-corrected chi connectivity index (χ4v) is 2.67. The van der Waals surface area contributed by atoms with Crippen molar-refractivity contribution in [1.82, 2.24) is 4.98 Å². The molecule has 1 unspecified atom stereocenters. The first kappa shape index (κ1) is 15.8. The number of carbonyl (C=O) groups is 1. The van der Waals surface area contributed by atoms with Crippen LogP contribution in [0, 0.1) is 5.41 Å². The Morgan fingerprint density at radius 1 is 1.19 bits per heavy atom. The lowest BCUT2D eigenvalue weighted by Crippen LogP contribution is -2.32. The fourth-order valence-electron chi connectivity index (χ4n) is 2.39. The third kappa shape index (κ3) is 3.20. The van der Waals surface area contributed by atoms with Gasteiger partial charge in [0, 0.05) is 12.1 Å². The average molecular weight is 324 g/mol. The van der Waals surface area contributed by atoms with Crippen molar-refractivity contribution in [3.8, 4) is 0 Å². The van der Waals surface area contributed by atoms with Crippen molar-refractivity contribution >= 4 is 29.2 Å². The number of nitrogens with zero attached hydrogens (tertiary/aromatic N) is 1. The van der Waals surface area contributed by atoms with E-state index in [0.717, 1.165) is 11.1 Å². The normalized spacial score (nSPS) is 13.0. The minimum Gasteiger partial charge on any atom is -0.481 e. The summed E-state index contributed by atoms with van der Waals surface area (Å²) in [6, 6.07) is 11.1. The van der Waals surface area contributed by atoms with Gasteiger partial charge in [0.05, 0.1) is 10.4 Å². The summed E-state index contributed by atoms with van der Waals surface area (Å²) in [5.41, 5.74) is 0.605. The van der Waals surface area contributed by atoms with Crippen LogP contribution in [0.1, 0.15) is 30.9 Å². The minimum absolute atomic E-state index is 0.209. The smallest absolute Gasteiger partial charge is 0.310 e. The molecular weight excluding hydrogens is 309 g/mol. The summed E-state index contributed by atoms with van der Waals surface area (Å²) in [7, 11) is 0. The molecule has 0 aliphatic rings. The number of hydrogen-bond donors (Lipinski definition) is 1. The molecule has 1 aromatic carbocycles. The predicted molar refractivity (Wildman–Crippen MR) is 84.0 cm³/mol. The van der Waals surface area contributed by atoms with E-state index in [9.17, 15) is 9.90 Å². The van der Waals surface area contributed by atoms with Gasteiger partial charge in [-0.3, -0.25) is 4.79 Å². The van der Waals surface area contributed by atoms with Crippen LogP contribution < -0.4 is 0 Å². The first-order valence-corrected chi connectivity index (χ1v) is 7.19. The number of hydrogen-bond acceptors (Lipinski definition) is 2. The third-order valence-corrected chi connectivity index (χ3v) is 4.24. The summed E-state index contributed by atoms with van der Waals surface area (Å²) >= 11 is 11.9. The molecule has 1 N–H and O–H groups in total. The number of aromatic nitrogens is 1. The van der Waals surface area contributed by atoms with Crippen LogP contribution in [-0.2, 0) is 4.79 Å². The van der Waals surface area contributed by atoms with Crippen molar-refractivity contribution < 1.29 is 9.90 Å². The van der Waals surface area contributed by atoms with Gasteiger partial charge in [0.15, 0.2) is 0 Å². The first-order valence-electron chi connectivity index (χ1n) is 6.43. The maximum absolute atomic E-state index is 11.7. The highest BCUT2D eigenvalue weighted by molar-refractivity contribution is 6.41. The molecule has 110 valence electrons. The zero-order valence-electron chi connectivity index (χ0n) is 11.7. The zero-order valence-corrected chi connectivity index (χ0v) is 13.2. The topological polar surface area (TPSA) is 50.2 Å². The van der Waals surface area contributed by atoms with E-state index in [1.54, 1.807) is 26.1 Å². The van der Waals surface area contributed by atoms with Gasteiger partial charge in [0.25, 0.3) is 0 Å². The molecule has 1 aromatic heterocycles. The summed E-state index contributed by atoms with van der Waals surface area (Å²) in [5, 5.41) is 10.1. The van der Waals surface area contributed by atoms with Crippen LogP contribution in [0.5, 0.6) is 0 Å². The molecule has 0 saturated heterocycles. The van der Waals surface area contributed by atoms with E-state index >= 15 is 0 Å². The van der Waals surface area contributed by atoms with E-state index in [1.807, 2.05) is 30.3 Å². The number of benzene rings is 1. The summed E-state index contributed by atoms with van der Waals surface area (Å²) in [4.78, 5) is 15.7. The molecule has 5 heteroatoms. The monoisotopic (exact) mass is 323 g/mol. The molecule has 0 bridgehead atoms. The largest absolute Gasteiger partial charge is 0.481 e. The van der Waals surface area contributed by atoms with Gasteiger partial charge < -0.3 is 5.11 Å². The number of carboxylic acids is 1. The molecule has 0 amide bonds. The van der Waals surface area contributed by atoms with Crippen LogP contribution >= 0.6 is 23.2 Å². The van der Waals surface area contributed by atoms with E-state index < -0.39 is 11.4 Å². The molecule has 2 aromatic rings. The lowest BCUT2D eigenvalue weighted by molar-refractivity contribution is -0.147. The molecule has 0 aliphatic carbocycles. The van der Waals surface area contributed by atoms with Crippen LogP contribution in [0.15, 0.2) is 42.6 Å². The quantitative estimate of drug-likeness (QED) is 0.834. The van der Waals surface area contributed by atoms with Crippen molar-refractivity contribution in [2.75, 3.05) is 0 Å². The van der Waals surface area contributed by atoms with Crippen LogP contribution in [0.25, 0.3) is 0 Å². The van der Waals surface area contributed by atoms with Crippen LogP contribution in [0.4, 0.5) is 0 Å². The molecule has 21 heavy (non-hydrogen) atoms. The Labute approximate surface area is 133 Å². The second kappa shape index (κ2) is 6.04. The second-order valence-corrected chi connectivity index (χ2v) is 6.18. The number of carboxylic acid groups (broad SMARTS) is 1. The molecule has 1 atom stereocenters. The molecule has 3 nitrogen and oxygen atoms in total. The highest BCUT2D eigenvalue weighted by Gasteiger charge is 2.39. The molecular formula is C16H15Cl2NO2. The zero-order chi connectivity index (χ0) is 15.6. The lowest BCUT2D eigenvalue weighted by atomic mass is 9.71. The Kier molecular flexibility index (Phi) is 4.55. The number of aliphatic carboxylic acids is 1. The van der Waals surface area contributed by atoms with Gasteiger partial charge in [-0.15, -0.1) is 0 Å². The molecule has 1 heterocycles. The fraction of sp³-hybridized carbons (Fsp3) is 0.250. The SMILES string of the molecule is CC(C)(C(=O)O)C(c1ccccc1)c1cnc(Cl)c(Cl)c1. The summed E-state index contributed by atoms with van der Waals surface area (Å²) < 4.78 is 0.